The lowest BCUT2D eigenvalue weighted by Gasteiger charge is -2.11. The third kappa shape index (κ3) is 2.76. The molecule has 1 heterocycles. The first kappa shape index (κ1) is 15.8. The zero-order valence-corrected chi connectivity index (χ0v) is 13.1. The van der Waals surface area contributed by atoms with Gasteiger partial charge in [-0.3, -0.25) is 4.79 Å². The number of halogens is 1. The fourth-order valence-corrected chi connectivity index (χ4v) is 2.72. The van der Waals surface area contributed by atoms with Crippen molar-refractivity contribution in [3.8, 4) is 11.1 Å². The number of rotatable bonds is 3. The van der Waals surface area contributed by atoms with E-state index in [-0.39, 0.29) is 11.5 Å². The van der Waals surface area contributed by atoms with Gasteiger partial charge in [0.2, 0.25) is 0 Å². The van der Waals surface area contributed by atoms with E-state index in [0.29, 0.717) is 27.6 Å². The van der Waals surface area contributed by atoms with Crippen molar-refractivity contribution in [1.29, 1.82) is 0 Å². The average Bonchev–Trinajstić information content (AvgIpc) is 2.53. The van der Waals surface area contributed by atoms with Crippen LogP contribution in [-0.2, 0) is 0 Å². The molecule has 24 heavy (non-hydrogen) atoms. The van der Waals surface area contributed by atoms with Crippen molar-refractivity contribution < 1.29 is 19.1 Å². The summed E-state index contributed by atoms with van der Waals surface area (Å²) < 4.78 is 13.2. The summed E-state index contributed by atoms with van der Waals surface area (Å²) in [5.41, 5.74) is 2.50. The van der Waals surface area contributed by atoms with Crippen molar-refractivity contribution in [2.75, 3.05) is 0 Å². The minimum Gasteiger partial charge on any atom is -0.476 e. The van der Waals surface area contributed by atoms with Crippen LogP contribution in [0.15, 0.2) is 42.5 Å². The number of pyridine rings is 1. The van der Waals surface area contributed by atoms with Crippen molar-refractivity contribution in [2.45, 2.75) is 13.8 Å². The number of carboxylic acids is 1. The Balaban J connectivity index is 2.39. The molecule has 3 rings (SSSR count). The van der Waals surface area contributed by atoms with Gasteiger partial charge < -0.3 is 5.11 Å². The molecular weight excluding hydrogens is 309 g/mol. The van der Waals surface area contributed by atoms with Crippen molar-refractivity contribution in [1.82, 2.24) is 4.98 Å². The second-order valence-electron chi connectivity index (χ2n) is 5.63. The predicted octanol–water partition coefficient (Wildman–Crippen LogP) is 4.25. The van der Waals surface area contributed by atoms with E-state index < -0.39 is 11.8 Å². The third-order valence-electron chi connectivity index (χ3n) is 3.82. The van der Waals surface area contributed by atoms with Crippen molar-refractivity contribution >= 4 is 22.7 Å². The molecule has 3 aromatic rings. The van der Waals surface area contributed by atoms with Crippen LogP contribution in [0.5, 0.6) is 0 Å². The second kappa shape index (κ2) is 5.85. The SMILES string of the molecule is CC(=O)c1cc(C)cc2nc(C(=O)O)c(-c3ccc(F)cc3)cc12. The first-order valence-corrected chi connectivity index (χ1v) is 7.32. The van der Waals surface area contributed by atoms with Crippen LogP contribution >= 0.6 is 0 Å². The maximum atomic E-state index is 13.2. The van der Waals surface area contributed by atoms with Crippen molar-refractivity contribution in [3.05, 3.63) is 65.1 Å². The maximum absolute atomic E-state index is 13.2. The minimum atomic E-state index is -1.18. The molecule has 2 aromatic carbocycles. The van der Waals surface area contributed by atoms with Gasteiger partial charge >= 0.3 is 5.97 Å². The van der Waals surface area contributed by atoms with Gasteiger partial charge in [-0.1, -0.05) is 12.1 Å². The van der Waals surface area contributed by atoms with E-state index in [1.807, 2.05) is 6.92 Å². The summed E-state index contributed by atoms with van der Waals surface area (Å²) in [6, 6.07) is 10.6. The van der Waals surface area contributed by atoms with E-state index >= 15 is 0 Å². The van der Waals surface area contributed by atoms with Crippen LogP contribution in [0.3, 0.4) is 0 Å². The number of carboxylic acid groups (broad SMARTS) is 1. The lowest BCUT2D eigenvalue weighted by Crippen LogP contribution is -2.05. The monoisotopic (exact) mass is 323 g/mol. The zero-order valence-electron chi connectivity index (χ0n) is 13.1. The Hall–Kier alpha value is -3.08. The predicted molar refractivity (Wildman–Crippen MR) is 88.8 cm³/mol. The normalized spacial score (nSPS) is 10.8. The van der Waals surface area contributed by atoms with E-state index in [1.165, 1.54) is 31.2 Å². The second-order valence-corrected chi connectivity index (χ2v) is 5.63. The number of hydrogen-bond donors (Lipinski definition) is 1. The summed E-state index contributed by atoms with van der Waals surface area (Å²) in [6.07, 6.45) is 0. The molecule has 0 spiro atoms. The van der Waals surface area contributed by atoms with Gasteiger partial charge in [-0.05, 0) is 55.3 Å². The van der Waals surface area contributed by atoms with Crippen LogP contribution in [0.4, 0.5) is 4.39 Å². The average molecular weight is 323 g/mol. The molecule has 0 saturated heterocycles. The highest BCUT2D eigenvalue weighted by Crippen LogP contribution is 2.29. The van der Waals surface area contributed by atoms with Crippen LogP contribution in [0.1, 0.15) is 33.3 Å². The van der Waals surface area contributed by atoms with E-state index in [2.05, 4.69) is 4.98 Å². The van der Waals surface area contributed by atoms with Gasteiger partial charge in [-0.25, -0.2) is 14.2 Å². The highest BCUT2D eigenvalue weighted by molar-refractivity contribution is 6.09. The molecule has 0 aliphatic carbocycles. The summed E-state index contributed by atoms with van der Waals surface area (Å²) in [5.74, 6) is -1.72. The zero-order chi connectivity index (χ0) is 17.4. The van der Waals surface area contributed by atoms with E-state index in [1.54, 1.807) is 18.2 Å². The molecule has 0 bridgehead atoms. The fraction of sp³-hybridized carbons (Fsp3) is 0.105. The number of aromatic nitrogens is 1. The summed E-state index contributed by atoms with van der Waals surface area (Å²) in [5, 5.41) is 10.1. The molecule has 0 aliphatic rings. The van der Waals surface area contributed by atoms with E-state index in [9.17, 15) is 19.1 Å². The topological polar surface area (TPSA) is 67.3 Å². The minimum absolute atomic E-state index is 0.126. The maximum Gasteiger partial charge on any atom is 0.355 e. The Morgan fingerprint density at radius 2 is 1.75 bits per heavy atom. The van der Waals surface area contributed by atoms with Crippen LogP contribution < -0.4 is 0 Å². The number of Topliss-reactive ketones (excluding diaryl/α,β-unsaturated/α-hetero) is 1. The van der Waals surface area contributed by atoms with Gasteiger partial charge in [-0.2, -0.15) is 0 Å². The van der Waals surface area contributed by atoms with E-state index in [4.69, 9.17) is 0 Å². The largest absolute Gasteiger partial charge is 0.476 e. The van der Waals surface area contributed by atoms with Gasteiger partial charge in [0, 0.05) is 16.5 Å². The van der Waals surface area contributed by atoms with Gasteiger partial charge in [0.1, 0.15) is 5.82 Å². The number of carbonyl (C=O) groups excluding carboxylic acids is 1. The molecule has 1 aromatic heterocycles. The summed E-state index contributed by atoms with van der Waals surface area (Å²) in [4.78, 5) is 27.8. The molecule has 0 radical (unpaired) electrons. The summed E-state index contributed by atoms with van der Waals surface area (Å²) in [7, 11) is 0. The van der Waals surface area contributed by atoms with Crippen LogP contribution in [0, 0.1) is 12.7 Å². The van der Waals surface area contributed by atoms with Crippen molar-refractivity contribution in [3.63, 3.8) is 0 Å². The molecule has 0 saturated carbocycles. The van der Waals surface area contributed by atoms with Crippen molar-refractivity contribution in [2.24, 2.45) is 0 Å². The standard InChI is InChI=1S/C19H14FNO3/c1-10-7-14(11(2)22)16-9-15(12-3-5-13(20)6-4-12)18(19(23)24)21-17(16)8-10/h3-9H,1-2H3,(H,23,24). The number of ketones is 1. The van der Waals surface area contributed by atoms with Gasteiger partial charge in [0.15, 0.2) is 11.5 Å². The highest BCUT2D eigenvalue weighted by atomic mass is 19.1. The van der Waals surface area contributed by atoms with Gasteiger partial charge in [0.05, 0.1) is 5.52 Å². The molecule has 0 amide bonds. The molecule has 5 heteroatoms. The molecule has 0 fully saturated rings. The Morgan fingerprint density at radius 1 is 1.08 bits per heavy atom. The first-order valence-electron chi connectivity index (χ1n) is 7.32. The lowest BCUT2D eigenvalue weighted by molar-refractivity contribution is 0.0691. The number of aromatic carboxylic acids is 1. The van der Waals surface area contributed by atoms with Crippen LogP contribution in [-0.4, -0.2) is 21.8 Å². The first-order chi connectivity index (χ1) is 11.4. The van der Waals surface area contributed by atoms with Crippen LogP contribution in [0.25, 0.3) is 22.0 Å². The lowest BCUT2D eigenvalue weighted by atomic mass is 9.96. The Kier molecular flexibility index (Phi) is 3.85. The Labute approximate surface area is 137 Å². The number of aryl methyl sites for hydroxylation is 1. The van der Waals surface area contributed by atoms with Gasteiger partial charge in [-0.15, -0.1) is 0 Å². The Bertz CT molecular complexity index is 978. The molecule has 0 atom stereocenters. The number of hydrogen-bond acceptors (Lipinski definition) is 3. The number of fused-ring (bicyclic) bond motifs is 1. The molecule has 1 N–H and O–H groups in total. The van der Waals surface area contributed by atoms with Gasteiger partial charge in [0.25, 0.3) is 0 Å². The van der Waals surface area contributed by atoms with Crippen LogP contribution in [0.2, 0.25) is 0 Å². The molecule has 0 unspecified atom stereocenters. The molecule has 120 valence electrons. The molecular formula is C19H14FNO3. The third-order valence-corrected chi connectivity index (χ3v) is 3.82. The number of nitrogens with zero attached hydrogens (tertiary/aromatic N) is 1. The summed E-state index contributed by atoms with van der Waals surface area (Å²) in [6.45, 7) is 3.28. The number of benzene rings is 2. The molecule has 0 aliphatic heterocycles. The smallest absolute Gasteiger partial charge is 0.355 e. The number of carbonyl (C=O) groups is 2. The summed E-state index contributed by atoms with van der Waals surface area (Å²) >= 11 is 0. The molecule has 4 nitrogen and oxygen atoms in total. The fourth-order valence-electron chi connectivity index (χ4n) is 2.72. The van der Waals surface area contributed by atoms with E-state index in [0.717, 1.165) is 5.56 Å². The highest BCUT2D eigenvalue weighted by Gasteiger charge is 2.18. The Morgan fingerprint density at radius 3 is 2.33 bits per heavy atom. The quantitative estimate of drug-likeness (QED) is 0.732.